The zero-order chi connectivity index (χ0) is 14.8. The maximum Gasteiger partial charge on any atom is 0.194 e. The highest BCUT2D eigenvalue weighted by atomic mass is 19.2. The maximum absolute atomic E-state index is 14.0. The molecule has 6 heteroatoms. The summed E-state index contributed by atoms with van der Waals surface area (Å²) in [6.45, 7) is 2.29. The molecule has 1 aliphatic carbocycles. The first kappa shape index (κ1) is 15.3. The molecule has 0 radical (unpaired) electrons. The number of ether oxygens (including phenoxy) is 1. The monoisotopic (exact) mass is 288 g/mol. The summed E-state index contributed by atoms with van der Waals surface area (Å²) >= 11 is 0. The smallest absolute Gasteiger partial charge is 0.194 e. The first-order valence-corrected chi connectivity index (χ1v) is 6.79. The van der Waals surface area contributed by atoms with Gasteiger partial charge in [0.25, 0.3) is 0 Å². The first-order chi connectivity index (χ1) is 9.55. The van der Waals surface area contributed by atoms with Crippen molar-refractivity contribution in [3.05, 3.63) is 35.1 Å². The number of hydrogen-bond donors (Lipinski definition) is 2. The summed E-state index contributed by atoms with van der Waals surface area (Å²) in [7, 11) is 0. The van der Waals surface area contributed by atoms with Crippen molar-refractivity contribution in [1.29, 1.82) is 0 Å². The molecule has 0 aliphatic heterocycles. The number of nitrogens with one attached hydrogen (secondary N) is 1. The van der Waals surface area contributed by atoms with E-state index in [1.807, 2.05) is 6.92 Å². The van der Waals surface area contributed by atoms with Crippen LogP contribution in [0.5, 0.6) is 0 Å². The van der Waals surface area contributed by atoms with Crippen molar-refractivity contribution in [2.24, 2.45) is 5.84 Å². The highest BCUT2D eigenvalue weighted by molar-refractivity contribution is 5.27. The molecule has 0 aromatic heterocycles. The predicted octanol–water partition coefficient (Wildman–Crippen LogP) is 2.96. The molecule has 1 atom stereocenters. The lowest BCUT2D eigenvalue weighted by molar-refractivity contribution is -0.0635. The second-order valence-electron chi connectivity index (χ2n) is 5.07. The van der Waals surface area contributed by atoms with Gasteiger partial charge in [-0.25, -0.2) is 18.6 Å². The lowest BCUT2D eigenvalue weighted by Gasteiger charge is -2.37. The van der Waals surface area contributed by atoms with Crippen LogP contribution in [-0.4, -0.2) is 12.2 Å². The van der Waals surface area contributed by atoms with Crippen LogP contribution in [-0.2, 0) is 4.74 Å². The van der Waals surface area contributed by atoms with Gasteiger partial charge in [0, 0.05) is 12.2 Å². The second kappa shape index (κ2) is 6.11. The van der Waals surface area contributed by atoms with Crippen LogP contribution in [0, 0.1) is 17.5 Å². The van der Waals surface area contributed by atoms with Crippen molar-refractivity contribution in [2.75, 3.05) is 6.61 Å². The van der Waals surface area contributed by atoms with Gasteiger partial charge in [0.15, 0.2) is 17.5 Å². The summed E-state index contributed by atoms with van der Waals surface area (Å²) in [4.78, 5) is 0. The summed E-state index contributed by atoms with van der Waals surface area (Å²) in [5, 5.41) is 0. The molecule has 0 bridgehead atoms. The van der Waals surface area contributed by atoms with Crippen molar-refractivity contribution < 1.29 is 17.9 Å². The summed E-state index contributed by atoms with van der Waals surface area (Å²) < 4.78 is 46.3. The van der Waals surface area contributed by atoms with Crippen LogP contribution in [0.3, 0.4) is 0 Å². The van der Waals surface area contributed by atoms with Gasteiger partial charge in [-0.15, -0.1) is 0 Å². The molecule has 1 unspecified atom stereocenters. The number of rotatable bonds is 5. The number of hydrogen-bond acceptors (Lipinski definition) is 3. The summed E-state index contributed by atoms with van der Waals surface area (Å²) in [5.74, 6) is 1.65. The van der Waals surface area contributed by atoms with Gasteiger partial charge in [0.2, 0.25) is 0 Å². The standard InChI is InChI=1S/C14H19F3N2O/c1-2-20-14(7-3-4-8-14)13(19-18)9-5-6-10(15)12(17)11(9)16/h5-6,13,19H,2-4,7-8,18H2,1H3. The van der Waals surface area contributed by atoms with E-state index in [0.717, 1.165) is 18.9 Å². The van der Waals surface area contributed by atoms with Gasteiger partial charge in [-0.1, -0.05) is 18.9 Å². The molecule has 20 heavy (non-hydrogen) atoms. The first-order valence-electron chi connectivity index (χ1n) is 6.79. The van der Waals surface area contributed by atoms with E-state index < -0.39 is 29.1 Å². The number of benzene rings is 1. The largest absolute Gasteiger partial charge is 0.373 e. The Morgan fingerprint density at radius 1 is 1.25 bits per heavy atom. The Labute approximate surface area is 116 Å². The van der Waals surface area contributed by atoms with Crippen molar-refractivity contribution in [3.8, 4) is 0 Å². The van der Waals surface area contributed by atoms with Gasteiger partial charge in [-0.3, -0.25) is 5.84 Å². The fraction of sp³-hybridized carbons (Fsp3) is 0.571. The number of nitrogens with two attached hydrogens (primary N) is 1. The molecule has 3 nitrogen and oxygen atoms in total. The molecule has 1 fully saturated rings. The van der Waals surface area contributed by atoms with Crippen molar-refractivity contribution in [1.82, 2.24) is 5.43 Å². The van der Waals surface area contributed by atoms with Crippen LogP contribution < -0.4 is 11.3 Å². The molecule has 0 heterocycles. The highest BCUT2D eigenvalue weighted by Gasteiger charge is 2.44. The Morgan fingerprint density at radius 3 is 2.45 bits per heavy atom. The molecular weight excluding hydrogens is 269 g/mol. The van der Waals surface area contributed by atoms with Gasteiger partial charge in [-0.2, -0.15) is 0 Å². The summed E-state index contributed by atoms with van der Waals surface area (Å²) in [6, 6.07) is 1.42. The van der Waals surface area contributed by atoms with E-state index in [1.165, 1.54) is 6.07 Å². The summed E-state index contributed by atoms with van der Waals surface area (Å²) in [6.07, 6.45) is 3.27. The summed E-state index contributed by atoms with van der Waals surface area (Å²) in [5.41, 5.74) is 1.85. The van der Waals surface area contributed by atoms with Gasteiger partial charge in [0.05, 0.1) is 11.6 Å². The van der Waals surface area contributed by atoms with Crippen molar-refractivity contribution >= 4 is 0 Å². The molecule has 0 amide bonds. The molecule has 1 aromatic carbocycles. The van der Waals surface area contributed by atoms with E-state index in [1.54, 1.807) is 0 Å². The van der Waals surface area contributed by atoms with Gasteiger partial charge in [-0.05, 0) is 25.8 Å². The Bertz CT molecular complexity index is 476. The third kappa shape index (κ3) is 2.55. The predicted molar refractivity (Wildman–Crippen MR) is 69.2 cm³/mol. The third-order valence-electron chi connectivity index (χ3n) is 3.95. The fourth-order valence-corrected chi connectivity index (χ4v) is 3.07. The zero-order valence-corrected chi connectivity index (χ0v) is 11.4. The molecule has 1 aliphatic rings. The minimum absolute atomic E-state index is 0.00162. The zero-order valence-electron chi connectivity index (χ0n) is 11.4. The van der Waals surface area contributed by atoms with E-state index in [0.29, 0.717) is 19.4 Å². The van der Waals surface area contributed by atoms with Crippen LogP contribution in [0.25, 0.3) is 0 Å². The Balaban J connectivity index is 2.43. The van der Waals surface area contributed by atoms with E-state index in [-0.39, 0.29) is 5.56 Å². The van der Waals surface area contributed by atoms with Gasteiger partial charge >= 0.3 is 0 Å². The van der Waals surface area contributed by atoms with Crippen molar-refractivity contribution in [2.45, 2.75) is 44.2 Å². The lowest BCUT2D eigenvalue weighted by atomic mass is 9.86. The molecule has 2 rings (SSSR count). The molecule has 1 saturated carbocycles. The number of hydrazine groups is 1. The Morgan fingerprint density at radius 2 is 1.90 bits per heavy atom. The van der Waals surface area contributed by atoms with E-state index in [4.69, 9.17) is 10.6 Å². The molecule has 1 aromatic rings. The quantitative estimate of drug-likeness (QED) is 0.497. The van der Waals surface area contributed by atoms with E-state index >= 15 is 0 Å². The van der Waals surface area contributed by atoms with Crippen LogP contribution in [0.1, 0.15) is 44.2 Å². The van der Waals surface area contributed by atoms with Crippen LogP contribution in [0.4, 0.5) is 13.2 Å². The normalized spacial score (nSPS) is 19.2. The van der Waals surface area contributed by atoms with Crippen LogP contribution in [0.2, 0.25) is 0 Å². The Kier molecular flexibility index (Phi) is 4.67. The van der Waals surface area contributed by atoms with Crippen LogP contribution in [0.15, 0.2) is 12.1 Å². The molecule has 3 N–H and O–H groups in total. The Hall–Kier alpha value is -1.11. The fourth-order valence-electron chi connectivity index (χ4n) is 3.07. The lowest BCUT2D eigenvalue weighted by Crippen LogP contribution is -2.47. The average Bonchev–Trinajstić information content (AvgIpc) is 2.89. The third-order valence-corrected chi connectivity index (χ3v) is 3.95. The van der Waals surface area contributed by atoms with Gasteiger partial charge in [0.1, 0.15) is 0 Å². The molecule has 0 spiro atoms. The van der Waals surface area contributed by atoms with Gasteiger partial charge < -0.3 is 4.74 Å². The maximum atomic E-state index is 14.0. The van der Waals surface area contributed by atoms with E-state index in [9.17, 15) is 13.2 Å². The highest BCUT2D eigenvalue weighted by Crippen LogP contribution is 2.43. The molecular formula is C14H19F3N2O. The molecule has 112 valence electrons. The van der Waals surface area contributed by atoms with Crippen LogP contribution >= 0.6 is 0 Å². The topological polar surface area (TPSA) is 47.3 Å². The minimum atomic E-state index is -1.48. The average molecular weight is 288 g/mol. The number of halogens is 3. The minimum Gasteiger partial charge on any atom is -0.373 e. The van der Waals surface area contributed by atoms with E-state index in [2.05, 4.69) is 5.43 Å². The van der Waals surface area contributed by atoms with Crippen molar-refractivity contribution in [3.63, 3.8) is 0 Å². The molecule has 0 saturated heterocycles. The SMILES string of the molecule is CCOC1(C(NN)c2ccc(F)c(F)c2F)CCCC1. The second-order valence-corrected chi connectivity index (χ2v) is 5.07.